The molecule has 0 aliphatic rings. The number of aliphatic hydroxyl groups excluding tert-OH is 1. The second-order valence-corrected chi connectivity index (χ2v) is 8.84. The summed E-state index contributed by atoms with van der Waals surface area (Å²) in [6.07, 6.45) is -0.773. The second-order valence-electron chi connectivity index (χ2n) is 4.36. The van der Waals surface area contributed by atoms with Crippen molar-refractivity contribution in [1.29, 1.82) is 0 Å². The lowest BCUT2D eigenvalue weighted by atomic mass is 10.0. The SMILES string of the molecule is CC[C@](Br)([C@H](O)c1cccc(C)c1)S(=O)(=O)CC. The van der Waals surface area contributed by atoms with Gasteiger partial charge in [-0.25, -0.2) is 8.42 Å². The Morgan fingerprint density at radius 2 is 2.00 bits per heavy atom. The van der Waals surface area contributed by atoms with Crippen LogP contribution in [0.5, 0.6) is 0 Å². The van der Waals surface area contributed by atoms with Gasteiger partial charge in [0, 0.05) is 5.75 Å². The first-order valence-corrected chi connectivity index (χ1v) is 8.39. The Morgan fingerprint density at radius 1 is 1.39 bits per heavy atom. The van der Waals surface area contributed by atoms with Gasteiger partial charge in [-0.15, -0.1) is 0 Å². The Hall–Kier alpha value is -0.390. The molecule has 102 valence electrons. The minimum atomic E-state index is -3.40. The zero-order valence-electron chi connectivity index (χ0n) is 10.9. The largest absolute Gasteiger partial charge is 0.386 e. The first kappa shape index (κ1) is 15.7. The summed E-state index contributed by atoms with van der Waals surface area (Å²) in [5.41, 5.74) is 1.61. The average molecular weight is 335 g/mol. The maximum absolute atomic E-state index is 12.1. The molecule has 0 heterocycles. The molecule has 0 saturated heterocycles. The zero-order valence-corrected chi connectivity index (χ0v) is 13.3. The van der Waals surface area contributed by atoms with Crippen LogP contribution < -0.4 is 0 Å². The maximum atomic E-state index is 12.1. The molecule has 0 radical (unpaired) electrons. The highest BCUT2D eigenvalue weighted by Crippen LogP contribution is 2.42. The molecule has 0 amide bonds. The van der Waals surface area contributed by atoms with Crippen molar-refractivity contribution in [3.63, 3.8) is 0 Å². The summed E-state index contributed by atoms with van der Waals surface area (Å²) in [7, 11) is -3.40. The second kappa shape index (κ2) is 5.72. The maximum Gasteiger partial charge on any atom is 0.168 e. The predicted molar refractivity (Wildman–Crippen MR) is 77.5 cm³/mol. The third-order valence-electron chi connectivity index (χ3n) is 3.15. The van der Waals surface area contributed by atoms with E-state index < -0.39 is 19.6 Å². The molecule has 1 aromatic carbocycles. The van der Waals surface area contributed by atoms with Crippen LogP contribution in [-0.4, -0.2) is 22.9 Å². The lowest BCUT2D eigenvalue weighted by Crippen LogP contribution is -2.39. The number of alkyl halides is 1. The molecule has 0 saturated carbocycles. The highest BCUT2D eigenvalue weighted by atomic mass is 79.9. The average Bonchev–Trinajstić information content (AvgIpc) is 2.36. The van der Waals surface area contributed by atoms with Crippen LogP contribution in [0.3, 0.4) is 0 Å². The Labute approximate surface area is 117 Å². The number of hydrogen-bond acceptors (Lipinski definition) is 3. The molecule has 0 aliphatic heterocycles. The Balaban J connectivity index is 3.26. The third-order valence-corrected chi connectivity index (χ3v) is 7.93. The van der Waals surface area contributed by atoms with Gasteiger partial charge in [0.05, 0.1) is 0 Å². The zero-order chi connectivity index (χ0) is 14.0. The van der Waals surface area contributed by atoms with E-state index in [0.29, 0.717) is 12.0 Å². The molecule has 0 spiro atoms. The van der Waals surface area contributed by atoms with Crippen molar-refractivity contribution >= 4 is 25.8 Å². The fourth-order valence-electron chi connectivity index (χ4n) is 1.91. The molecule has 0 bridgehead atoms. The molecule has 0 unspecified atom stereocenters. The van der Waals surface area contributed by atoms with Gasteiger partial charge < -0.3 is 5.11 Å². The van der Waals surface area contributed by atoms with Crippen LogP contribution in [0.1, 0.15) is 37.5 Å². The molecule has 18 heavy (non-hydrogen) atoms. The van der Waals surface area contributed by atoms with Crippen LogP contribution in [-0.2, 0) is 9.84 Å². The van der Waals surface area contributed by atoms with Gasteiger partial charge in [-0.2, -0.15) is 0 Å². The molecule has 0 fully saturated rings. The molecule has 3 nitrogen and oxygen atoms in total. The van der Waals surface area contributed by atoms with E-state index in [0.717, 1.165) is 5.56 Å². The van der Waals surface area contributed by atoms with Gasteiger partial charge >= 0.3 is 0 Å². The predicted octanol–water partition coefficient (Wildman–Crippen LogP) is 2.96. The van der Waals surface area contributed by atoms with E-state index >= 15 is 0 Å². The Bertz CT molecular complexity index is 513. The molecule has 1 rings (SSSR count). The van der Waals surface area contributed by atoms with Crippen molar-refractivity contribution in [2.45, 2.75) is 37.0 Å². The van der Waals surface area contributed by atoms with Crippen LogP contribution in [0, 0.1) is 6.92 Å². The van der Waals surface area contributed by atoms with Gasteiger partial charge in [0.25, 0.3) is 0 Å². The van der Waals surface area contributed by atoms with Crippen LogP contribution in [0.15, 0.2) is 24.3 Å². The van der Waals surface area contributed by atoms with Gasteiger partial charge in [-0.05, 0) is 18.9 Å². The number of halogens is 1. The number of benzene rings is 1. The van der Waals surface area contributed by atoms with Gasteiger partial charge in [0.1, 0.15) is 6.10 Å². The minimum Gasteiger partial charge on any atom is -0.386 e. The Kier molecular flexibility index (Phi) is 4.98. The topological polar surface area (TPSA) is 54.4 Å². The van der Waals surface area contributed by atoms with Gasteiger partial charge in [-0.1, -0.05) is 59.6 Å². The molecular formula is C13H19BrO3S. The highest BCUT2D eigenvalue weighted by molar-refractivity contribution is 9.11. The summed E-state index contributed by atoms with van der Waals surface area (Å²) in [4.78, 5) is 0. The van der Waals surface area contributed by atoms with Crippen molar-refractivity contribution in [1.82, 2.24) is 0 Å². The summed E-state index contributed by atoms with van der Waals surface area (Å²) < 4.78 is 23.0. The van der Waals surface area contributed by atoms with Crippen LogP contribution in [0.2, 0.25) is 0 Å². The van der Waals surface area contributed by atoms with Crippen molar-refractivity contribution in [2.75, 3.05) is 5.75 Å². The standard InChI is InChI=1S/C13H19BrO3S/c1-4-13(14,18(16,17)5-2)12(15)11-8-6-7-10(3)9-11/h6-9,12,15H,4-5H2,1-3H3/t12-,13-/m1/s1. The summed E-state index contributed by atoms with van der Waals surface area (Å²) in [5.74, 6) is -0.00499. The first-order valence-electron chi connectivity index (χ1n) is 5.94. The van der Waals surface area contributed by atoms with Crippen molar-refractivity contribution in [3.8, 4) is 0 Å². The van der Waals surface area contributed by atoms with Gasteiger partial charge in [0.15, 0.2) is 13.5 Å². The fraction of sp³-hybridized carbons (Fsp3) is 0.538. The van der Waals surface area contributed by atoms with Crippen LogP contribution in [0.25, 0.3) is 0 Å². The molecule has 1 N–H and O–H groups in total. The third kappa shape index (κ3) is 2.78. The Morgan fingerprint density at radius 3 is 2.44 bits per heavy atom. The first-order chi connectivity index (χ1) is 8.28. The summed E-state index contributed by atoms with van der Waals surface area (Å²) in [6.45, 7) is 5.25. The van der Waals surface area contributed by atoms with Crippen molar-refractivity contribution in [2.24, 2.45) is 0 Å². The normalized spacial score (nSPS) is 17.2. The number of hydrogen-bond donors (Lipinski definition) is 1. The van der Waals surface area contributed by atoms with E-state index in [1.165, 1.54) is 0 Å². The van der Waals surface area contributed by atoms with E-state index in [2.05, 4.69) is 15.9 Å². The molecule has 5 heteroatoms. The van der Waals surface area contributed by atoms with E-state index in [-0.39, 0.29) is 5.75 Å². The van der Waals surface area contributed by atoms with Gasteiger partial charge in [0.2, 0.25) is 0 Å². The summed E-state index contributed by atoms with van der Waals surface area (Å²) in [5, 5.41) is 10.4. The molecule has 2 atom stereocenters. The molecule has 0 aromatic heterocycles. The monoisotopic (exact) mass is 334 g/mol. The van der Waals surface area contributed by atoms with Crippen molar-refractivity contribution in [3.05, 3.63) is 35.4 Å². The van der Waals surface area contributed by atoms with Crippen LogP contribution >= 0.6 is 15.9 Å². The highest BCUT2D eigenvalue weighted by Gasteiger charge is 2.45. The molecule has 0 aliphatic carbocycles. The number of sulfone groups is 1. The summed E-state index contributed by atoms with van der Waals surface area (Å²) >= 11 is 3.25. The lowest BCUT2D eigenvalue weighted by Gasteiger charge is -2.31. The lowest BCUT2D eigenvalue weighted by molar-refractivity contribution is 0.160. The fourth-order valence-corrected chi connectivity index (χ4v) is 4.26. The van der Waals surface area contributed by atoms with E-state index in [1.807, 2.05) is 25.1 Å². The minimum absolute atomic E-state index is 0.00499. The van der Waals surface area contributed by atoms with Gasteiger partial charge in [-0.3, -0.25) is 0 Å². The number of aliphatic hydroxyl groups is 1. The van der Waals surface area contributed by atoms with Crippen LogP contribution in [0.4, 0.5) is 0 Å². The van der Waals surface area contributed by atoms with E-state index in [4.69, 9.17) is 0 Å². The van der Waals surface area contributed by atoms with Crippen molar-refractivity contribution < 1.29 is 13.5 Å². The quantitative estimate of drug-likeness (QED) is 0.842. The van der Waals surface area contributed by atoms with E-state index in [1.54, 1.807) is 19.9 Å². The molecular weight excluding hydrogens is 316 g/mol. The number of aryl methyl sites for hydroxylation is 1. The van der Waals surface area contributed by atoms with E-state index in [9.17, 15) is 13.5 Å². The number of rotatable bonds is 5. The molecule has 1 aromatic rings. The summed E-state index contributed by atoms with van der Waals surface area (Å²) in [6, 6.07) is 7.28. The smallest absolute Gasteiger partial charge is 0.168 e.